The predicted octanol–water partition coefficient (Wildman–Crippen LogP) is 4.31. The highest BCUT2D eigenvalue weighted by Gasteiger charge is 2.13. The van der Waals surface area contributed by atoms with Gasteiger partial charge >= 0.3 is 0 Å². The topological polar surface area (TPSA) is 50.9 Å². The molecule has 0 bridgehead atoms. The number of hydrogen-bond donors (Lipinski definition) is 2. The second-order valence-electron chi connectivity index (χ2n) is 4.98. The molecule has 0 unspecified atom stereocenters. The van der Waals surface area contributed by atoms with Crippen molar-refractivity contribution in [3.05, 3.63) is 65.7 Å². The Balaban J connectivity index is 1.82. The minimum atomic E-state index is 0.581. The SMILES string of the molecule is Cc1ccc(CNc2snc(N)c2-c2ccccc2)cc1. The summed E-state index contributed by atoms with van der Waals surface area (Å²) in [6.07, 6.45) is 0. The van der Waals surface area contributed by atoms with Gasteiger partial charge in [0.05, 0.1) is 5.56 Å². The average molecular weight is 295 g/mol. The zero-order valence-corrected chi connectivity index (χ0v) is 12.7. The lowest BCUT2D eigenvalue weighted by molar-refractivity contribution is 1.16. The summed E-state index contributed by atoms with van der Waals surface area (Å²) in [6, 6.07) is 18.6. The fraction of sp³-hybridized carbons (Fsp3) is 0.118. The van der Waals surface area contributed by atoms with Crippen molar-refractivity contribution in [2.24, 2.45) is 0 Å². The lowest BCUT2D eigenvalue weighted by Gasteiger charge is -2.08. The van der Waals surface area contributed by atoms with E-state index in [4.69, 9.17) is 5.73 Å². The van der Waals surface area contributed by atoms with Crippen molar-refractivity contribution >= 4 is 22.4 Å². The zero-order chi connectivity index (χ0) is 14.7. The summed E-state index contributed by atoms with van der Waals surface area (Å²) in [5.41, 5.74) is 10.6. The fourth-order valence-electron chi connectivity index (χ4n) is 2.20. The normalized spacial score (nSPS) is 10.5. The van der Waals surface area contributed by atoms with Gasteiger partial charge in [0.2, 0.25) is 0 Å². The first-order chi connectivity index (χ1) is 10.2. The second kappa shape index (κ2) is 5.97. The van der Waals surface area contributed by atoms with Crippen LogP contribution >= 0.6 is 11.5 Å². The molecule has 0 amide bonds. The Morgan fingerprint density at radius 1 is 1.05 bits per heavy atom. The number of rotatable bonds is 4. The molecule has 106 valence electrons. The van der Waals surface area contributed by atoms with Crippen molar-refractivity contribution in [1.29, 1.82) is 0 Å². The molecule has 0 radical (unpaired) electrons. The Hall–Kier alpha value is -2.33. The molecule has 3 aromatic rings. The molecule has 3 rings (SSSR count). The van der Waals surface area contributed by atoms with Crippen LogP contribution in [-0.4, -0.2) is 4.37 Å². The first-order valence-electron chi connectivity index (χ1n) is 6.84. The average Bonchev–Trinajstić information content (AvgIpc) is 2.88. The molecule has 0 aliphatic carbocycles. The first kappa shape index (κ1) is 13.6. The lowest BCUT2D eigenvalue weighted by atomic mass is 10.1. The molecule has 0 atom stereocenters. The van der Waals surface area contributed by atoms with Gasteiger partial charge in [-0.15, -0.1) is 0 Å². The van der Waals surface area contributed by atoms with Crippen molar-refractivity contribution in [2.45, 2.75) is 13.5 Å². The highest BCUT2D eigenvalue weighted by atomic mass is 32.1. The van der Waals surface area contributed by atoms with E-state index in [1.807, 2.05) is 18.2 Å². The number of anilines is 2. The summed E-state index contributed by atoms with van der Waals surface area (Å²) in [5, 5.41) is 4.46. The largest absolute Gasteiger partial charge is 0.382 e. The molecule has 2 aromatic carbocycles. The molecule has 0 fully saturated rings. The minimum Gasteiger partial charge on any atom is -0.382 e. The van der Waals surface area contributed by atoms with Crippen LogP contribution in [0, 0.1) is 6.92 Å². The van der Waals surface area contributed by atoms with E-state index in [1.165, 1.54) is 22.7 Å². The van der Waals surface area contributed by atoms with Gasteiger partial charge < -0.3 is 11.1 Å². The Morgan fingerprint density at radius 3 is 2.48 bits per heavy atom. The van der Waals surface area contributed by atoms with Gasteiger partial charge in [-0.25, -0.2) is 0 Å². The smallest absolute Gasteiger partial charge is 0.147 e. The predicted molar refractivity (Wildman–Crippen MR) is 90.5 cm³/mol. The molecule has 0 aliphatic rings. The second-order valence-corrected chi connectivity index (χ2v) is 5.75. The molecule has 0 aliphatic heterocycles. The van der Waals surface area contributed by atoms with Crippen LogP contribution in [0.4, 0.5) is 10.8 Å². The van der Waals surface area contributed by atoms with E-state index < -0.39 is 0 Å². The molecule has 21 heavy (non-hydrogen) atoms. The van der Waals surface area contributed by atoms with E-state index >= 15 is 0 Å². The van der Waals surface area contributed by atoms with E-state index in [1.54, 1.807) is 0 Å². The van der Waals surface area contributed by atoms with E-state index in [0.717, 1.165) is 22.7 Å². The number of nitrogens with one attached hydrogen (secondary N) is 1. The van der Waals surface area contributed by atoms with Crippen LogP contribution in [0.15, 0.2) is 54.6 Å². The highest BCUT2D eigenvalue weighted by Crippen LogP contribution is 2.36. The Morgan fingerprint density at radius 2 is 1.76 bits per heavy atom. The number of aromatic nitrogens is 1. The van der Waals surface area contributed by atoms with Gasteiger partial charge in [-0.2, -0.15) is 4.37 Å². The van der Waals surface area contributed by atoms with Crippen molar-refractivity contribution in [2.75, 3.05) is 11.1 Å². The molecule has 0 saturated carbocycles. The zero-order valence-electron chi connectivity index (χ0n) is 11.8. The Bertz CT molecular complexity index is 718. The monoisotopic (exact) mass is 295 g/mol. The third-order valence-corrected chi connectivity index (χ3v) is 4.17. The summed E-state index contributed by atoms with van der Waals surface area (Å²) in [7, 11) is 0. The van der Waals surface area contributed by atoms with Crippen molar-refractivity contribution in [3.8, 4) is 11.1 Å². The Labute approximate surface area is 128 Å². The maximum atomic E-state index is 6.02. The molecule has 3 N–H and O–H groups in total. The van der Waals surface area contributed by atoms with Gasteiger partial charge in [0, 0.05) is 6.54 Å². The van der Waals surface area contributed by atoms with E-state index in [2.05, 4.69) is 53.0 Å². The van der Waals surface area contributed by atoms with E-state index in [0.29, 0.717) is 5.82 Å². The van der Waals surface area contributed by atoms with Crippen molar-refractivity contribution in [3.63, 3.8) is 0 Å². The molecule has 3 nitrogen and oxygen atoms in total. The molecular weight excluding hydrogens is 278 g/mol. The number of nitrogens with zero attached hydrogens (tertiary/aromatic N) is 1. The van der Waals surface area contributed by atoms with Gasteiger partial charge in [-0.3, -0.25) is 0 Å². The molecule has 4 heteroatoms. The molecular formula is C17H17N3S. The molecule has 1 aromatic heterocycles. The minimum absolute atomic E-state index is 0.581. The standard InChI is InChI=1S/C17H17N3S/c1-12-7-9-13(10-8-12)11-19-17-15(16(18)20-21-17)14-5-3-2-4-6-14/h2-10,19H,11H2,1H3,(H2,18,20). The van der Waals surface area contributed by atoms with E-state index in [-0.39, 0.29) is 0 Å². The maximum absolute atomic E-state index is 6.02. The first-order valence-corrected chi connectivity index (χ1v) is 7.61. The van der Waals surface area contributed by atoms with Crippen LogP contribution in [0.2, 0.25) is 0 Å². The van der Waals surface area contributed by atoms with Crippen LogP contribution < -0.4 is 11.1 Å². The van der Waals surface area contributed by atoms with Gasteiger partial charge in [-0.05, 0) is 29.6 Å². The van der Waals surface area contributed by atoms with Crippen molar-refractivity contribution in [1.82, 2.24) is 4.37 Å². The lowest BCUT2D eigenvalue weighted by Crippen LogP contribution is -1.99. The maximum Gasteiger partial charge on any atom is 0.147 e. The summed E-state index contributed by atoms with van der Waals surface area (Å²) < 4.78 is 4.28. The van der Waals surface area contributed by atoms with Gasteiger partial charge in [0.15, 0.2) is 0 Å². The number of benzene rings is 2. The number of hydrogen-bond acceptors (Lipinski definition) is 4. The Kier molecular flexibility index (Phi) is 3.88. The fourth-order valence-corrected chi connectivity index (χ4v) is 2.93. The summed E-state index contributed by atoms with van der Waals surface area (Å²) in [4.78, 5) is 0. The van der Waals surface area contributed by atoms with Crippen LogP contribution in [-0.2, 0) is 6.54 Å². The number of aryl methyl sites for hydroxylation is 1. The van der Waals surface area contributed by atoms with Gasteiger partial charge in [-0.1, -0.05) is 60.2 Å². The summed E-state index contributed by atoms with van der Waals surface area (Å²) >= 11 is 1.41. The van der Waals surface area contributed by atoms with Crippen LogP contribution in [0.5, 0.6) is 0 Å². The third kappa shape index (κ3) is 3.06. The molecule has 0 spiro atoms. The molecule has 0 saturated heterocycles. The van der Waals surface area contributed by atoms with Crippen LogP contribution in [0.25, 0.3) is 11.1 Å². The van der Waals surface area contributed by atoms with Gasteiger partial charge in [0.1, 0.15) is 10.8 Å². The van der Waals surface area contributed by atoms with E-state index in [9.17, 15) is 0 Å². The van der Waals surface area contributed by atoms with Crippen LogP contribution in [0.3, 0.4) is 0 Å². The van der Waals surface area contributed by atoms with Crippen LogP contribution in [0.1, 0.15) is 11.1 Å². The summed E-state index contributed by atoms with van der Waals surface area (Å²) in [5.74, 6) is 0.581. The van der Waals surface area contributed by atoms with Gasteiger partial charge in [0.25, 0.3) is 0 Å². The molecule has 1 heterocycles. The number of nitrogens with two attached hydrogens (primary N) is 1. The quantitative estimate of drug-likeness (QED) is 0.754. The number of nitrogen functional groups attached to an aromatic ring is 1. The van der Waals surface area contributed by atoms with Crippen molar-refractivity contribution < 1.29 is 0 Å². The third-order valence-electron chi connectivity index (χ3n) is 3.35. The summed E-state index contributed by atoms with van der Waals surface area (Å²) in [6.45, 7) is 2.86. The highest BCUT2D eigenvalue weighted by molar-refractivity contribution is 7.11.